The van der Waals surface area contributed by atoms with Crippen LogP contribution in [0.3, 0.4) is 0 Å². The molecule has 0 aliphatic heterocycles. The van der Waals surface area contributed by atoms with Crippen molar-refractivity contribution in [3.63, 3.8) is 0 Å². The molecule has 0 aromatic carbocycles. The standard InChI is InChI=1S/C11H8BrNO2/c12-11-7-8(3-4-13-11)6-9(14)10-2-1-5-15-10/h1-5,7H,6H2. The molecule has 4 heteroatoms. The minimum absolute atomic E-state index is 0.0295. The van der Waals surface area contributed by atoms with Crippen molar-refractivity contribution in [3.8, 4) is 0 Å². The monoisotopic (exact) mass is 265 g/mol. The highest BCUT2D eigenvalue weighted by Crippen LogP contribution is 2.11. The molecule has 15 heavy (non-hydrogen) atoms. The normalized spacial score (nSPS) is 10.2. The second kappa shape index (κ2) is 4.40. The second-order valence-electron chi connectivity index (χ2n) is 3.06. The van der Waals surface area contributed by atoms with Crippen LogP contribution in [-0.2, 0) is 6.42 Å². The van der Waals surface area contributed by atoms with E-state index in [1.165, 1.54) is 6.26 Å². The maximum absolute atomic E-state index is 11.7. The summed E-state index contributed by atoms with van der Waals surface area (Å²) >= 11 is 3.25. The molecule has 2 heterocycles. The minimum atomic E-state index is -0.0295. The lowest BCUT2D eigenvalue weighted by Crippen LogP contribution is -2.02. The first-order valence-corrected chi connectivity index (χ1v) is 5.22. The van der Waals surface area contributed by atoms with Gasteiger partial charge in [0.1, 0.15) is 4.60 Å². The fourth-order valence-electron chi connectivity index (χ4n) is 1.26. The van der Waals surface area contributed by atoms with E-state index in [1.807, 2.05) is 12.1 Å². The highest BCUT2D eigenvalue weighted by Gasteiger charge is 2.09. The van der Waals surface area contributed by atoms with E-state index >= 15 is 0 Å². The molecule has 0 saturated carbocycles. The molecule has 76 valence electrons. The van der Waals surface area contributed by atoms with Gasteiger partial charge in [-0.15, -0.1) is 0 Å². The van der Waals surface area contributed by atoms with E-state index in [4.69, 9.17) is 4.42 Å². The largest absolute Gasteiger partial charge is 0.461 e. The number of rotatable bonds is 3. The van der Waals surface area contributed by atoms with Crippen LogP contribution >= 0.6 is 15.9 Å². The van der Waals surface area contributed by atoms with Crippen molar-refractivity contribution in [3.05, 3.63) is 52.7 Å². The van der Waals surface area contributed by atoms with Crippen LogP contribution in [0.5, 0.6) is 0 Å². The average molecular weight is 266 g/mol. The molecule has 0 bridgehead atoms. The number of hydrogen-bond donors (Lipinski definition) is 0. The molecule has 0 amide bonds. The number of hydrogen-bond acceptors (Lipinski definition) is 3. The highest BCUT2D eigenvalue weighted by atomic mass is 79.9. The number of ketones is 1. The first kappa shape index (κ1) is 10.1. The maximum Gasteiger partial charge on any atom is 0.202 e. The molecular weight excluding hydrogens is 258 g/mol. The van der Waals surface area contributed by atoms with Crippen molar-refractivity contribution in [1.29, 1.82) is 0 Å². The molecule has 0 aliphatic carbocycles. The fraction of sp³-hybridized carbons (Fsp3) is 0.0909. The summed E-state index contributed by atoms with van der Waals surface area (Å²) in [6.07, 6.45) is 3.49. The highest BCUT2D eigenvalue weighted by molar-refractivity contribution is 9.10. The number of pyridine rings is 1. The van der Waals surface area contributed by atoms with E-state index < -0.39 is 0 Å². The number of carbonyl (C=O) groups excluding carboxylic acids is 1. The number of carbonyl (C=O) groups is 1. The third kappa shape index (κ3) is 2.53. The summed E-state index contributed by atoms with van der Waals surface area (Å²) in [5.41, 5.74) is 0.915. The van der Waals surface area contributed by atoms with E-state index in [1.54, 1.807) is 18.3 Å². The Morgan fingerprint density at radius 2 is 2.33 bits per heavy atom. The average Bonchev–Trinajstić information content (AvgIpc) is 2.70. The predicted octanol–water partition coefficient (Wildman–Crippen LogP) is 2.86. The van der Waals surface area contributed by atoms with Gasteiger partial charge in [0.25, 0.3) is 0 Å². The number of Topliss-reactive ketones (excluding diaryl/α,β-unsaturated/α-hetero) is 1. The van der Waals surface area contributed by atoms with Crippen LogP contribution in [0.4, 0.5) is 0 Å². The molecule has 0 N–H and O–H groups in total. The molecule has 0 saturated heterocycles. The van der Waals surface area contributed by atoms with Crippen LogP contribution in [-0.4, -0.2) is 10.8 Å². The Kier molecular flexibility index (Phi) is 2.97. The van der Waals surface area contributed by atoms with Gasteiger partial charge in [0, 0.05) is 12.6 Å². The summed E-state index contributed by atoms with van der Waals surface area (Å²) in [5, 5.41) is 0. The lowest BCUT2D eigenvalue weighted by atomic mass is 10.1. The van der Waals surface area contributed by atoms with E-state index in [0.29, 0.717) is 12.2 Å². The third-order valence-corrected chi connectivity index (χ3v) is 2.39. The van der Waals surface area contributed by atoms with Crippen LogP contribution in [0.25, 0.3) is 0 Å². The Morgan fingerprint density at radius 3 is 3.00 bits per heavy atom. The first-order valence-electron chi connectivity index (χ1n) is 4.43. The molecule has 0 fully saturated rings. The van der Waals surface area contributed by atoms with Crippen molar-refractivity contribution in [1.82, 2.24) is 4.98 Å². The molecule has 0 spiro atoms. The van der Waals surface area contributed by atoms with Gasteiger partial charge in [-0.1, -0.05) is 0 Å². The molecule has 3 nitrogen and oxygen atoms in total. The summed E-state index contributed by atoms with van der Waals surface area (Å²) in [6.45, 7) is 0. The Labute approximate surface area is 95.3 Å². The Balaban J connectivity index is 2.13. The summed E-state index contributed by atoms with van der Waals surface area (Å²) in [7, 11) is 0. The Morgan fingerprint density at radius 1 is 1.47 bits per heavy atom. The van der Waals surface area contributed by atoms with Gasteiger partial charge in [-0.3, -0.25) is 4.79 Å². The van der Waals surface area contributed by atoms with Gasteiger partial charge in [-0.05, 0) is 45.8 Å². The molecular formula is C11H8BrNO2. The molecule has 2 rings (SSSR count). The van der Waals surface area contributed by atoms with Crippen molar-refractivity contribution >= 4 is 21.7 Å². The van der Waals surface area contributed by atoms with Gasteiger partial charge in [0.2, 0.25) is 5.78 Å². The van der Waals surface area contributed by atoms with Crippen molar-refractivity contribution in [2.75, 3.05) is 0 Å². The lowest BCUT2D eigenvalue weighted by molar-refractivity contribution is 0.0966. The van der Waals surface area contributed by atoms with Crippen LogP contribution in [0, 0.1) is 0 Å². The quantitative estimate of drug-likeness (QED) is 0.633. The Bertz CT molecular complexity index is 465. The summed E-state index contributed by atoms with van der Waals surface area (Å²) < 4.78 is 5.75. The molecule has 0 radical (unpaired) electrons. The number of halogens is 1. The SMILES string of the molecule is O=C(Cc1ccnc(Br)c1)c1ccco1. The zero-order chi connectivity index (χ0) is 10.7. The fourth-order valence-corrected chi connectivity index (χ4v) is 1.67. The van der Waals surface area contributed by atoms with E-state index in [0.717, 1.165) is 10.2 Å². The van der Waals surface area contributed by atoms with Gasteiger partial charge in [-0.25, -0.2) is 4.98 Å². The third-order valence-electron chi connectivity index (χ3n) is 1.95. The minimum Gasteiger partial charge on any atom is -0.461 e. The lowest BCUT2D eigenvalue weighted by Gasteiger charge is -1.98. The van der Waals surface area contributed by atoms with Crippen LogP contribution in [0.2, 0.25) is 0 Å². The maximum atomic E-state index is 11.7. The zero-order valence-corrected chi connectivity index (χ0v) is 9.40. The van der Waals surface area contributed by atoms with Crippen molar-refractivity contribution in [2.45, 2.75) is 6.42 Å². The molecule has 0 unspecified atom stereocenters. The Hall–Kier alpha value is -1.42. The molecule has 2 aromatic heterocycles. The first-order chi connectivity index (χ1) is 7.25. The molecule has 0 aliphatic rings. The predicted molar refractivity (Wildman–Crippen MR) is 58.7 cm³/mol. The molecule has 2 aromatic rings. The van der Waals surface area contributed by atoms with E-state index in [-0.39, 0.29) is 5.78 Å². The van der Waals surface area contributed by atoms with Crippen LogP contribution < -0.4 is 0 Å². The van der Waals surface area contributed by atoms with Gasteiger partial charge < -0.3 is 4.42 Å². The van der Waals surface area contributed by atoms with Crippen LogP contribution in [0.1, 0.15) is 16.1 Å². The topological polar surface area (TPSA) is 43.1 Å². The number of furan rings is 1. The smallest absolute Gasteiger partial charge is 0.202 e. The van der Waals surface area contributed by atoms with Gasteiger partial charge in [-0.2, -0.15) is 0 Å². The number of nitrogens with zero attached hydrogens (tertiary/aromatic N) is 1. The second-order valence-corrected chi connectivity index (χ2v) is 3.88. The zero-order valence-electron chi connectivity index (χ0n) is 7.81. The van der Waals surface area contributed by atoms with Crippen molar-refractivity contribution < 1.29 is 9.21 Å². The van der Waals surface area contributed by atoms with Gasteiger partial charge >= 0.3 is 0 Å². The van der Waals surface area contributed by atoms with Crippen LogP contribution in [0.15, 0.2) is 45.7 Å². The van der Waals surface area contributed by atoms with Crippen molar-refractivity contribution in [2.24, 2.45) is 0 Å². The van der Waals surface area contributed by atoms with Gasteiger partial charge in [0.15, 0.2) is 5.76 Å². The number of aromatic nitrogens is 1. The van der Waals surface area contributed by atoms with Gasteiger partial charge in [0.05, 0.1) is 6.26 Å². The summed E-state index contributed by atoms with van der Waals surface area (Å²) in [4.78, 5) is 15.6. The van der Waals surface area contributed by atoms with E-state index in [2.05, 4.69) is 20.9 Å². The van der Waals surface area contributed by atoms with E-state index in [9.17, 15) is 4.79 Å². The summed E-state index contributed by atoms with van der Waals surface area (Å²) in [5.74, 6) is 0.362. The summed E-state index contributed by atoms with van der Waals surface area (Å²) in [6, 6.07) is 7.00. The molecule has 0 atom stereocenters.